The fourth-order valence-corrected chi connectivity index (χ4v) is 9.13. The Morgan fingerprint density at radius 1 is 0.446 bits per heavy atom. The Bertz CT molecular complexity index is 2460. The maximum absolute atomic E-state index is 13.6. The second-order valence-electron chi connectivity index (χ2n) is 12.2. The van der Waals surface area contributed by atoms with Crippen LogP contribution in [-0.4, -0.2) is 31.3 Å². The first-order valence-electron chi connectivity index (χ1n) is 17.7. The van der Waals surface area contributed by atoms with Crippen LogP contribution in [0.1, 0.15) is 31.1 Å². The van der Waals surface area contributed by atoms with Gasteiger partial charge in [0.2, 0.25) is 17.1 Å². The van der Waals surface area contributed by atoms with E-state index in [1.165, 1.54) is 0 Å². The van der Waals surface area contributed by atoms with Crippen LogP contribution < -0.4 is 25.5 Å². The van der Waals surface area contributed by atoms with Gasteiger partial charge in [-0.15, -0.1) is 11.3 Å². The van der Waals surface area contributed by atoms with Crippen LogP contribution in [0.5, 0.6) is 11.5 Å². The van der Waals surface area contributed by atoms with Gasteiger partial charge >= 0.3 is 0 Å². The topological polar surface area (TPSA) is 86.7 Å². The van der Waals surface area contributed by atoms with Gasteiger partial charge in [0.1, 0.15) is 17.1 Å². The lowest BCUT2D eigenvalue weighted by Crippen LogP contribution is -2.19. The maximum Gasteiger partial charge on any atom is 0.233 e. The van der Waals surface area contributed by atoms with Crippen molar-refractivity contribution in [1.82, 2.24) is 0 Å². The van der Waals surface area contributed by atoms with Crippen LogP contribution in [-0.2, 0) is 0 Å². The van der Waals surface area contributed by atoms with Gasteiger partial charge in [-0.3, -0.25) is 19.2 Å². The lowest BCUT2D eigenvalue weighted by atomic mass is 10.0. The molecule has 1 aromatic heterocycles. The number of ether oxygens (including phenoxy) is 2. The Balaban J connectivity index is 0.000000149. The average molecular weight is 773 g/mol. The van der Waals surface area contributed by atoms with Crippen molar-refractivity contribution >= 4 is 67.1 Å². The van der Waals surface area contributed by atoms with Crippen molar-refractivity contribution in [3.8, 4) is 11.5 Å². The number of benzene rings is 7. The summed E-state index contributed by atoms with van der Waals surface area (Å²) in [6.07, 6.45) is 0. The van der Waals surface area contributed by atoms with Crippen molar-refractivity contribution in [3.63, 3.8) is 0 Å². The molecule has 0 amide bonds. The number of hydrogen-bond donors (Lipinski definition) is 0. The molecular formula is C48H37O6PS. The van der Waals surface area contributed by atoms with Gasteiger partial charge in [-0.05, 0) is 47.0 Å². The normalized spacial score (nSPS) is 10.4. The first kappa shape index (κ1) is 39.2. The second-order valence-corrected chi connectivity index (χ2v) is 15.4. The van der Waals surface area contributed by atoms with E-state index >= 15 is 0 Å². The molecule has 0 saturated heterocycles. The standard InChI is InChI=1S/C21H19O3P.C14H10O2.C13H8OS/c1-23-18-14-9-15-19(24-2)20(18)21(22)25(16-10-5-3-6-11-16)17-12-7-4-8-13-17;15-13(11-7-3-1-4-8-11)14(16)12-9-5-2-6-10-12;14-13-9-5-1-3-7-11(9)15-12-8-4-2-6-10(12)13/h3-15H,1-2H3;1-10H;1-8H. The first-order valence-corrected chi connectivity index (χ1v) is 19.8. The molecule has 6 nitrogen and oxygen atoms in total. The van der Waals surface area contributed by atoms with E-state index in [0.29, 0.717) is 28.2 Å². The van der Waals surface area contributed by atoms with Crippen molar-refractivity contribution in [3.05, 3.63) is 215 Å². The van der Waals surface area contributed by atoms with Gasteiger partial charge in [0.25, 0.3) is 0 Å². The molecule has 8 aromatic rings. The van der Waals surface area contributed by atoms with Crippen molar-refractivity contribution < 1.29 is 23.9 Å². The van der Waals surface area contributed by atoms with Gasteiger partial charge in [0.15, 0.2) is 5.43 Å². The third kappa shape index (κ3) is 9.22. The molecule has 0 aliphatic rings. The van der Waals surface area contributed by atoms with Gasteiger partial charge in [0, 0.05) is 39.2 Å². The van der Waals surface area contributed by atoms with Crippen molar-refractivity contribution in [2.24, 2.45) is 0 Å². The average Bonchev–Trinajstić information content (AvgIpc) is 3.27. The molecule has 0 aliphatic heterocycles. The molecule has 0 bridgehead atoms. The minimum atomic E-state index is -1.23. The fraction of sp³-hybridized carbons (Fsp3) is 0.0417. The monoisotopic (exact) mass is 772 g/mol. The minimum Gasteiger partial charge on any atom is -0.496 e. The van der Waals surface area contributed by atoms with E-state index in [1.807, 2.05) is 127 Å². The Morgan fingerprint density at radius 3 is 1.20 bits per heavy atom. The molecule has 276 valence electrons. The molecule has 0 N–H and O–H groups in total. The molecule has 8 heteroatoms. The molecule has 7 aromatic carbocycles. The van der Waals surface area contributed by atoms with E-state index < -0.39 is 19.5 Å². The summed E-state index contributed by atoms with van der Waals surface area (Å²) in [6, 6.07) is 57.8. The molecule has 0 radical (unpaired) electrons. The first-order chi connectivity index (χ1) is 27.4. The summed E-state index contributed by atoms with van der Waals surface area (Å²) in [4.78, 5) is 49.3. The largest absolute Gasteiger partial charge is 0.496 e. The number of carbonyl (C=O) groups excluding carboxylic acids is 3. The highest BCUT2D eigenvalue weighted by atomic mass is 32.1. The van der Waals surface area contributed by atoms with Crippen LogP contribution in [0.4, 0.5) is 0 Å². The number of ketones is 2. The number of rotatable bonds is 9. The predicted octanol–water partition coefficient (Wildman–Crippen LogP) is 10.1. The summed E-state index contributed by atoms with van der Waals surface area (Å²) >= 11 is 1.67. The fourth-order valence-electron chi connectivity index (χ4n) is 5.90. The van der Waals surface area contributed by atoms with Crippen molar-refractivity contribution in [1.29, 1.82) is 0 Å². The molecular weight excluding hydrogens is 736 g/mol. The SMILES string of the molecule is COc1cccc(OC)c1C(=O)P(c1ccccc1)c1ccccc1.O=C(C(=O)c1ccccc1)c1ccccc1.O=c1c2ccccc2sc2ccccc12. The summed E-state index contributed by atoms with van der Waals surface area (Å²) in [5, 5.41) is 3.64. The van der Waals surface area contributed by atoms with E-state index in [2.05, 4.69) is 0 Å². The molecule has 0 unspecified atom stereocenters. The quantitative estimate of drug-likeness (QED) is 0.0629. The lowest BCUT2D eigenvalue weighted by Gasteiger charge is -2.20. The van der Waals surface area contributed by atoms with Crippen molar-refractivity contribution in [2.45, 2.75) is 0 Å². The van der Waals surface area contributed by atoms with Crippen LogP contribution in [0.15, 0.2) is 193 Å². The summed E-state index contributed by atoms with van der Waals surface area (Å²) in [5.74, 6) is 0.131. The molecule has 0 saturated carbocycles. The van der Waals surface area contributed by atoms with Gasteiger partial charge < -0.3 is 9.47 Å². The van der Waals surface area contributed by atoms with Gasteiger partial charge in [-0.2, -0.15) is 0 Å². The molecule has 56 heavy (non-hydrogen) atoms. The second kappa shape index (κ2) is 19.2. The van der Waals surface area contributed by atoms with Gasteiger partial charge in [0.05, 0.1) is 14.2 Å². The highest BCUT2D eigenvalue weighted by molar-refractivity contribution is 7.88. The molecule has 0 fully saturated rings. The van der Waals surface area contributed by atoms with Gasteiger partial charge in [-0.25, -0.2) is 0 Å². The van der Waals surface area contributed by atoms with Crippen LogP contribution in [0.2, 0.25) is 0 Å². The predicted molar refractivity (Wildman–Crippen MR) is 230 cm³/mol. The summed E-state index contributed by atoms with van der Waals surface area (Å²) in [7, 11) is 1.91. The number of methoxy groups -OCH3 is 2. The molecule has 0 spiro atoms. The molecule has 0 atom stereocenters. The van der Waals surface area contributed by atoms with Crippen molar-refractivity contribution in [2.75, 3.05) is 14.2 Å². The highest BCUT2D eigenvalue weighted by Crippen LogP contribution is 2.43. The zero-order chi connectivity index (χ0) is 39.3. The van der Waals surface area contributed by atoms with Crippen LogP contribution >= 0.6 is 19.3 Å². The Morgan fingerprint density at radius 2 is 0.804 bits per heavy atom. The summed E-state index contributed by atoms with van der Waals surface area (Å²) < 4.78 is 13.0. The Labute approximate surface area is 330 Å². The highest BCUT2D eigenvalue weighted by Gasteiger charge is 2.29. The van der Waals surface area contributed by atoms with E-state index in [1.54, 1.807) is 86.2 Å². The number of fused-ring (bicyclic) bond motifs is 2. The van der Waals surface area contributed by atoms with Crippen LogP contribution in [0, 0.1) is 0 Å². The number of Topliss-reactive ketones (excluding diaryl/α,β-unsaturated/α-hetero) is 2. The smallest absolute Gasteiger partial charge is 0.233 e. The molecule has 8 rings (SSSR count). The van der Waals surface area contributed by atoms with E-state index in [9.17, 15) is 19.2 Å². The van der Waals surface area contributed by atoms with E-state index in [0.717, 1.165) is 30.8 Å². The van der Waals surface area contributed by atoms with Crippen LogP contribution in [0.25, 0.3) is 20.2 Å². The molecule has 0 aliphatic carbocycles. The van der Waals surface area contributed by atoms with E-state index in [4.69, 9.17) is 9.47 Å². The van der Waals surface area contributed by atoms with E-state index in [-0.39, 0.29) is 11.0 Å². The number of hydrogen-bond acceptors (Lipinski definition) is 7. The zero-order valence-electron chi connectivity index (χ0n) is 30.7. The summed E-state index contributed by atoms with van der Waals surface area (Å²) in [6.45, 7) is 0. The molecule has 1 heterocycles. The van der Waals surface area contributed by atoms with Gasteiger partial charge in [-0.1, -0.05) is 152 Å². The number of carbonyl (C=O) groups is 3. The minimum absolute atomic E-state index is 0.0155. The Hall–Kier alpha value is -6.53. The Kier molecular flexibility index (Phi) is 13.4. The lowest BCUT2D eigenvalue weighted by molar-refractivity contribution is 0.0817. The van der Waals surface area contributed by atoms with Crippen LogP contribution in [0.3, 0.4) is 0 Å². The zero-order valence-corrected chi connectivity index (χ0v) is 32.4. The third-order valence-corrected chi connectivity index (χ3v) is 12.0. The maximum atomic E-state index is 13.6. The summed E-state index contributed by atoms with van der Waals surface area (Å²) in [5.41, 5.74) is 1.50. The third-order valence-electron chi connectivity index (χ3n) is 8.64.